The minimum atomic E-state index is 0.102. The second-order valence-electron chi connectivity index (χ2n) is 5.45. The van der Waals surface area contributed by atoms with Gasteiger partial charge in [-0.05, 0) is 24.3 Å². The highest BCUT2D eigenvalue weighted by Crippen LogP contribution is 2.36. The zero-order valence-electron chi connectivity index (χ0n) is 15.1. The summed E-state index contributed by atoms with van der Waals surface area (Å²) in [7, 11) is 4.62. The molecule has 0 aliphatic rings. The summed E-state index contributed by atoms with van der Waals surface area (Å²) in [5.41, 5.74) is 8.70. The van der Waals surface area contributed by atoms with Crippen molar-refractivity contribution >= 4 is 5.82 Å². The SMILES string of the molecule is COc1ccc(OC)c(-c2cc(-c3cnc(OC)nc3)c(C#N)c(N)n2)c1. The van der Waals surface area contributed by atoms with Gasteiger partial charge in [-0.3, -0.25) is 0 Å². The highest BCUT2D eigenvalue weighted by Gasteiger charge is 2.17. The molecule has 3 rings (SSSR count). The van der Waals surface area contributed by atoms with E-state index in [0.717, 1.165) is 0 Å². The number of hydrogen-bond donors (Lipinski definition) is 1. The summed E-state index contributed by atoms with van der Waals surface area (Å²) in [6.45, 7) is 0. The van der Waals surface area contributed by atoms with Crippen LogP contribution in [0.15, 0.2) is 36.7 Å². The van der Waals surface area contributed by atoms with Gasteiger partial charge in [-0.25, -0.2) is 15.0 Å². The summed E-state index contributed by atoms with van der Waals surface area (Å²) in [5.74, 6) is 1.35. The van der Waals surface area contributed by atoms with Gasteiger partial charge in [0, 0.05) is 29.1 Å². The smallest absolute Gasteiger partial charge is 0.316 e. The second-order valence-corrected chi connectivity index (χ2v) is 5.45. The number of aromatic nitrogens is 3. The van der Waals surface area contributed by atoms with Gasteiger partial charge >= 0.3 is 6.01 Å². The summed E-state index contributed by atoms with van der Waals surface area (Å²) in [6, 6.07) is 9.42. The molecule has 0 amide bonds. The van der Waals surface area contributed by atoms with E-state index in [1.54, 1.807) is 50.9 Å². The summed E-state index contributed by atoms with van der Waals surface area (Å²) >= 11 is 0. The lowest BCUT2D eigenvalue weighted by atomic mass is 10.00. The van der Waals surface area contributed by atoms with Crippen molar-refractivity contribution < 1.29 is 14.2 Å². The minimum Gasteiger partial charge on any atom is -0.497 e. The number of nitriles is 1. The topological polar surface area (TPSA) is 116 Å². The zero-order chi connectivity index (χ0) is 19.4. The van der Waals surface area contributed by atoms with Gasteiger partial charge in [0.2, 0.25) is 0 Å². The van der Waals surface area contributed by atoms with Crippen LogP contribution < -0.4 is 19.9 Å². The maximum Gasteiger partial charge on any atom is 0.316 e. The molecule has 8 heteroatoms. The summed E-state index contributed by atoms with van der Waals surface area (Å²) in [4.78, 5) is 12.6. The number of rotatable bonds is 5. The molecule has 0 saturated heterocycles. The van der Waals surface area contributed by atoms with Crippen LogP contribution in [-0.2, 0) is 0 Å². The molecule has 3 aromatic rings. The van der Waals surface area contributed by atoms with Crippen molar-refractivity contribution in [2.24, 2.45) is 0 Å². The van der Waals surface area contributed by atoms with E-state index in [1.165, 1.54) is 7.11 Å². The Bertz CT molecular complexity index is 1010. The second kappa shape index (κ2) is 7.58. The van der Waals surface area contributed by atoms with Gasteiger partial charge in [-0.1, -0.05) is 0 Å². The number of nitrogens with two attached hydrogens (primary N) is 1. The molecule has 0 atom stereocenters. The number of nitrogen functional groups attached to an aromatic ring is 1. The van der Waals surface area contributed by atoms with Crippen molar-refractivity contribution in [1.29, 1.82) is 5.26 Å². The molecule has 1 aromatic carbocycles. The van der Waals surface area contributed by atoms with Crippen LogP contribution in [0.2, 0.25) is 0 Å². The fourth-order valence-corrected chi connectivity index (χ4v) is 2.62. The molecule has 27 heavy (non-hydrogen) atoms. The van der Waals surface area contributed by atoms with Gasteiger partial charge < -0.3 is 19.9 Å². The summed E-state index contributed by atoms with van der Waals surface area (Å²) < 4.78 is 15.7. The first-order valence-electron chi connectivity index (χ1n) is 7.90. The lowest BCUT2D eigenvalue weighted by Crippen LogP contribution is -2.01. The molecule has 0 saturated carbocycles. The predicted octanol–water partition coefficient (Wildman–Crippen LogP) is 2.69. The molecular weight excluding hydrogens is 346 g/mol. The van der Waals surface area contributed by atoms with Crippen LogP contribution in [0.3, 0.4) is 0 Å². The van der Waals surface area contributed by atoms with Gasteiger partial charge in [0.15, 0.2) is 0 Å². The quantitative estimate of drug-likeness (QED) is 0.735. The van der Waals surface area contributed by atoms with Crippen molar-refractivity contribution in [3.05, 3.63) is 42.2 Å². The van der Waals surface area contributed by atoms with E-state index in [0.29, 0.717) is 33.9 Å². The average Bonchev–Trinajstić information content (AvgIpc) is 2.72. The van der Waals surface area contributed by atoms with Crippen molar-refractivity contribution in [3.8, 4) is 46.0 Å². The molecule has 2 N–H and O–H groups in total. The molecule has 0 unspecified atom stereocenters. The molecule has 136 valence electrons. The van der Waals surface area contributed by atoms with E-state index >= 15 is 0 Å². The Balaban J connectivity index is 2.22. The van der Waals surface area contributed by atoms with E-state index in [2.05, 4.69) is 21.0 Å². The maximum atomic E-state index is 9.53. The van der Waals surface area contributed by atoms with Crippen LogP contribution in [0, 0.1) is 11.3 Å². The molecule has 2 heterocycles. The van der Waals surface area contributed by atoms with Crippen LogP contribution in [-0.4, -0.2) is 36.3 Å². The third-order valence-corrected chi connectivity index (χ3v) is 3.96. The van der Waals surface area contributed by atoms with Gasteiger partial charge in [0.25, 0.3) is 0 Å². The van der Waals surface area contributed by atoms with E-state index in [4.69, 9.17) is 19.9 Å². The number of ether oxygens (including phenoxy) is 3. The van der Waals surface area contributed by atoms with Crippen LogP contribution in [0.25, 0.3) is 22.4 Å². The molecule has 0 aliphatic carbocycles. The molecule has 0 radical (unpaired) electrons. The average molecular weight is 363 g/mol. The van der Waals surface area contributed by atoms with Crippen molar-refractivity contribution in [1.82, 2.24) is 15.0 Å². The Morgan fingerprint density at radius 3 is 2.30 bits per heavy atom. The molecule has 0 bridgehead atoms. The van der Waals surface area contributed by atoms with Gasteiger partial charge in [-0.2, -0.15) is 5.26 Å². The molecule has 0 spiro atoms. The highest BCUT2D eigenvalue weighted by molar-refractivity contribution is 5.81. The van der Waals surface area contributed by atoms with Gasteiger partial charge in [0.05, 0.1) is 27.0 Å². The first-order chi connectivity index (χ1) is 13.1. The fourth-order valence-electron chi connectivity index (χ4n) is 2.62. The standard InChI is InChI=1S/C19H17N5O3/c1-25-12-4-5-17(26-2)14(6-12)16-7-13(15(8-20)18(21)24-16)11-9-22-19(27-3)23-10-11/h4-7,9-10H,1-3H3,(H2,21,24). The van der Waals surface area contributed by atoms with Crippen LogP contribution >= 0.6 is 0 Å². The fraction of sp³-hybridized carbons (Fsp3) is 0.158. The highest BCUT2D eigenvalue weighted by atomic mass is 16.5. The third kappa shape index (κ3) is 3.43. The van der Waals surface area contributed by atoms with Crippen LogP contribution in [0.1, 0.15) is 5.56 Å². The van der Waals surface area contributed by atoms with Gasteiger partial charge in [-0.15, -0.1) is 0 Å². The Morgan fingerprint density at radius 1 is 0.963 bits per heavy atom. The number of methoxy groups -OCH3 is 3. The van der Waals surface area contributed by atoms with E-state index in [9.17, 15) is 5.26 Å². The lowest BCUT2D eigenvalue weighted by molar-refractivity contribution is 0.380. The number of pyridine rings is 1. The Morgan fingerprint density at radius 2 is 1.70 bits per heavy atom. The van der Waals surface area contributed by atoms with Crippen molar-refractivity contribution in [2.45, 2.75) is 0 Å². The molecular formula is C19H17N5O3. The molecule has 2 aromatic heterocycles. The summed E-state index contributed by atoms with van der Waals surface area (Å²) in [6.07, 6.45) is 3.13. The van der Waals surface area contributed by atoms with E-state index in [-0.39, 0.29) is 17.4 Å². The van der Waals surface area contributed by atoms with Crippen molar-refractivity contribution in [2.75, 3.05) is 27.1 Å². The zero-order valence-corrected chi connectivity index (χ0v) is 15.1. The van der Waals surface area contributed by atoms with Crippen LogP contribution in [0.5, 0.6) is 17.5 Å². The Kier molecular flexibility index (Phi) is 5.04. The number of hydrogen-bond acceptors (Lipinski definition) is 8. The number of nitrogens with zero attached hydrogens (tertiary/aromatic N) is 4. The Labute approximate surface area is 156 Å². The maximum absolute atomic E-state index is 9.53. The van der Waals surface area contributed by atoms with E-state index < -0.39 is 0 Å². The lowest BCUT2D eigenvalue weighted by Gasteiger charge is -2.13. The van der Waals surface area contributed by atoms with Crippen molar-refractivity contribution in [3.63, 3.8) is 0 Å². The van der Waals surface area contributed by atoms with Gasteiger partial charge in [0.1, 0.15) is 28.9 Å². The monoisotopic (exact) mass is 363 g/mol. The van der Waals surface area contributed by atoms with E-state index in [1.807, 2.05) is 0 Å². The molecule has 8 nitrogen and oxygen atoms in total. The molecule has 0 aliphatic heterocycles. The van der Waals surface area contributed by atoms with Crippen LogP contribution in [0.4, 0.5) is 5.82 Å². The summed E-state index contributed by atoms with van der Waals surface area (Å²) in [5, 5.41) is 9.53. The third-order valence-electron chi connectivity index (χ3n) is 3.96. The normalized spacial score (nSPS) is 10.1. The first-order valence-corrected chi connectivity index (χ1v) is 7.90. The predicted molar refractivity (Wildman–Crippen MR) is 99.5 cm³/mol. The Hall–Kier alpha value is -3.86. The number of benzene rings is 1. The largest absolute Gasteiger partial charge is 0.497 e. The first kappa shape index (κ1) is 17.9. The molecule has 0 fully saturated rings. The minimum absolute atomic E-state index is 0.102. The number of anilines is 1.